The molecule has 1 saturated heterocycles. The Kier molecular flexibility index (Phi) is 4.43. The van der Waals surface area contributed by atoms with E-state index in [2.05, 4.69) is 28.3 Å². The van der Waals surface area contributed by atoms with Crippen LogP contribution in [0.2, 0.25) is 0 Å². The maximum Gasteiger partial charge on any atom is 0.142 e. The summed E-state index contributed by atoms with van der Waals surface area (Å²) in [6.07, 6.45) is 2.67. The SMILES string of the molecule is Cc1nn(C)c(NCC(C)CN2CCCC2)c1C#N. The zero-order valence-corrected chi connectivity index (χ0v) is 12.1. The third-order valence-electron chi connectivity index (χ3n) is 3.72. The van der Waals surface area contributed by atoms with Crippen LogP contribution in [0, 0.1) is 24.2 Å². The molecule has 104 valence electrons. The molecule has 5 nitrogen and oxygen atoms in total. The van der Waals surface area contributed by atoms with Crippen LogP contribution < -0.4 is 5.32 Å². The van der Waals surface area contributed by atoms with Crippen LogP contribution in [0.15, 0.2) is 0 Å². The van der Waals surface area contributed by atoms with Crippen LogP contribution >= 0.6 is 0 Å². The second kappa shape index (κ2) is 6.07. The first-order valence-electron chi connectivity index (χ1n) is 7.01. The van der Waals surface area contributed by atoms with Crippen molar-refractivity contribution in [3.05, 3.63) is 11.3 Å². The molecule has 1 fully saturated rings. The zero-order chi connectivity index (χ0) is 13.8. The highest BCUT2D eigenvalue weighted by molar-refractivity contribution is 5.54. The average Bonchev–Trinajstić information content (AvgIpc) is 2.94. The van der Waals surface area contributed by atoms with Gasteiger partial charge in [0.1, 0.15) is 17.5 Å². The number of nitrogens with zero attached hydrogens (tertiary/aromatic N) is 4. The second-order valence-electron chi connectivity index (χ2n) is 5.54. The molecule has 0 radical (unpaired) electrons. The summed E-state index contributed by atoms with van der Waals surface area (Å²) < 4.78 is 1.76. The number of hydrogen-bond acceptors (Lipinski definition) is 4. The summed E-state index contributed by atoms with van der Waals surface area (Å²) in [7, 11) is 1.88. The predicted molar refractivity (Wildman–Crippen MR) is 76.0 cm³/mol. The average molecular weight is 261 g/mol. The minimum atomic E-state index is 0.569. The molecule has 1 aliphatic heterocycles. The summed E-state index contributed by atoms with van der Waals surface area (Å²) in [5.74, 6) is 1.41. The van der Waals surface area contributed by atoms with E-state index in [1.54, 1.807) is 4.68 Å². The topological polar surface area (TPSA) is 56.9 Å². The number of nitriles is 1. The maximum atomic E-state index is 9.16. The van der Waals surface area contributed by atoms with Gasteiger partial charge in [-0.05, 0) is 38.8 Å². The van der Waals surface area contributed by atoms with Crippen molar-refractivity contribution in [1.29, 1.82) is 5.26 Å². The predicted octanol–water partition coefficient (Wildman–Crippen LogP) is 1.74. The molecule has 1 atom stereocenters. The normalized spacial score (nSPS) is 17.4. The van der Waals surface area contributed by atoms with E-state index in [1.165, 1.54) is 25.9 Å². The smallest absolute Gasteiger partial charge is 0.142 e. The standard InChI is InChI=1S/C14H23N5/c1-11(10-19-6-4-5-7-19)9-16-14-13(8-15)12(2)17-18(14)3/h11,16H,4-7,9-10H2,1-3H3. The molecule has 1 aromatic rings. The molecule has 0 saturated carbocycles. The van der Waals surface area contributed by atoms with Gasteiger partial charge in [-0.25, -0.2) is 0 Å². The van der Waals surface area contributed by atoms with Crippen LogP contribution in [-0.4, -0.2) is 40.9 Å². The minimum absolute atomic E-state index is 0.569. The van der Waals surface area contributed by atoms with E-state index in [0.29, 0.717) is 11.5 Å². The molecule has 1 aromatic heterocycles. The lowest BCUT2D eigenvalue weighted by molar-refractivity contribution is 0.294. The third kappa shape index (κ3) is 3.27. The van der Waals surface area contributed by atoms with Crippen molar-refractivity contribution in [3.63, 3.8) is 0 Å². The molecule has 0 spiro atoms. The largest absolute Gasteiger partial charge is 0.369 e. The van der Waals surface area contributed by atoms with Crippen molar-refractivity contribution >= 4 is 5.82 Å². The van der Waals surface area contributed by atoms with Gasteiger partial charge in [-0.15, -0.1) is 0 Å². The van der Waals surface area contributed by atoms with E-state index in [9.17, 15) is 0 Å². The fourth-order valence-electron chi connectivity index (χ4n) is 2.74. The molecule has 19 heavy (non-hydrogen) atoms. The number of nitrogens with one attached hydrogen (secondary N) is 1. The van der Waals surface area contributed by atoms with E-state index < -0.39 is 0 Å². The second-order valence-corrected chi connectivity index (χ2v) is 5.54. The van der Waals surface area contributed by atoms with Gasteiger partial charge < -0.3 is 10.2 Å². The van der Waals surface area contributed by atoms with Gasteiger partial charge in [-0.1, -0.05) is 6.92 Å². The lowest BCUT2D eigenvalue weighted by Crippen LogP contribution is -2.29. The highest BCUT2D eigenvalue weighted by Crippen LogP contribution is 2.18. The van der Waals surface area contributed by atoms with Crippen molar-refractivity contribution in [2.75, 3.05) is 31.5 Å². The van der Waals surface area contributed by atoms with Gasteiger partial charge in [0.05, 0.1) is 5.69 Å². The molecule has 2 heterocycles. The molecular weight excluding hydrogens is 238 g/mol. The van der Waals surface area contributed by atoms with Crippen molar-refractivity contribution in [2.45, 2.75) is 26.7 Å². The lowest BCUT2D eigenvalue weighted by atomic mass is 10.1. The maximum absolute atomic E-state index is 9.16. The Bertz CT molecular complexity index is 465. The Morgan fingerprint density at radius 3 is 2.74 bits per heavy atom. The summed E-state index contributed by atoms with van der Waals surface area (Å²) >= 11 is 0. The lowest BCUT2D eigenvalue weighted by Gasteiger charge is -2.20. The molecule has 2 rings (SSSR count). The highest BCUT2D eigenvalue weighted by Gasteiger charge is 2.16. The van der Waals surface area contributed by atoms with Gasteiger partial charge >= 0.3 is 0 Å². The number of rotatable bonds is 5. The molecular formula is C14H23N5. The summed E-state index contributed by atoms with van der Waals surface area (Å²) in [5, 5.41) is 16.8. The van der Waals surface area contributed by atoms with E-state index in [-0.39, 0.29) is 0 Å². The Morgan fingerprint density at radius 1 is 1.42 bits per heavy atom. The number of hydrogen-bond donors (Lipinski definition) is 1. The van der Waals surface area contributed by atoms with Gasteiger partial charge in [0, 0.05) is 20.1 Å². The molecule has 5 heteroatoms. The van der Waals surface area contributed by atoms with Crippen LogP contribution in [0.4, 0.5) is 5.82 Å². The van der Waals surface area contributed by atoms with Crippen LogP contribution in [0.5, 0.6) is 0 Å². The summed E-state index contributed by atoms with van der Waals surface area (Å²) in [5.41, 5.74) is 1.45. The van der Waals surface area contributed by atoms with Gasteiger partial charge in [0.2, 0.25) is 0 Å². The molecule has 0 bridgehead atoms. The Labute approximate surface area is 115 Å². The zero-order valence-electron chi connectivity index (χ0n) is 12.1. The molecule has 1 aliphatic rings. The fourth-order valence-corrected chi connectivity index (χ4v) is 2.74. The van der Waals surface area contributed by atoms with Gasteiger partial charge in [0.25, 0.3) is 0 Å². The van der Waals surface area contributed by atoms with E-state index >= 15 is 0 Å². The van der Waals surface area contributed by atoms with Gasteiger partial charge in [-0.3, -0.25) is 4.68 Å². The molecule has 1 unspecified atom stereocenters. The molecule has 1 N–H and O–H groups in total. The monoisotopic (exact) mass is 261 g/mol. The van der Waals surface area contributed by atoms with Crippen molar-refractivity contribution in [2.24, 2.45) is 13.0 Å². The quantitative estimate of drug-likeness (QED) is 0.877. The summed E-state index contributed by atoms with van der Waals surface area (Å²) in [6, 6.07) is 2.23. The fraction of sp³-hybridized carbons (Fsp3) is 0.714. The van der Waals surface area contributed by atoms with Gasteiger partial charge in [0.15, 0.2) is 0 Å². The Balaban J connectivity index is 1.89. The summed E-state index contributed by atoms with van der Waals surface area (Å²) in [4.78, 5) is 2.52. The van der Waals surface area contributed by atoms with Crippen molar-refractivity contribution < 1.29 is 0 Å². The first kappa shape index (κ1) is 13.9. The van der Waals surface area contributed by atoms with Crippen LogP contribution in [0.25, 0.3) is 0 Å². The summed E-state index contributed by atoms with van der Waals surface area (Å²) in [6.45, 7) is 8.60. The molecule has 0 amide bonds. The van der Waals surface area contributed by atoms with Crippen molar-refractivity contribution in [3.8, 4) is 6.07 Å². The number of aromatic nitrogens is 2. The van der Waals surface area contributed by atoms with E-state index in [0.717, 1.165) is 24.6 Å². The van der Waals surface area contributed by atoms with E-state index in [4.69, 9.17) is 5.26 Å². The number of likely N-dealkylation sites (tertiary alicyclic amines) is 1. The first-order valence-corrected chi connectivity index (χ1v) is 7.01. The Hall–Kier alpha value is -1.54. The highest BCUT2D eigenvalue weighted by atomic mass is 15.3. The molecule has 0 aromatic carbocycles. The third-order valence-corrected chi connectivity index (χ3v) is 3.72. The van der Waals surface area contributed by atoms with E-state index in [1.807, 2.05) is 14.0 Å². The Morgan fingerprint density at radius 2 is 2.11 bits per heavy atom. The van der Waals surface area contributed by atoms with Crippen LogP contribution in [-0.2, 0) is 7.05 Å². The van der Waals surface area contributed by atoms with Crippen LogP contribution in [0.1, 0.15) is 31.0 Å². The van der Waals surface area contributed by atoms with Crippen LogP contribution in [0.3, 0.4) is 0 Å². The van der Waals surface area contributed by atoms with Gasteiger partial charge in [-0.2, -0.15) is 10.4 Å². The van der Waals surface area contributed by atoms with Crippen molar-refractivity contribution in [1.82, 2.24) is 14.7 Å². The first-order chi connectivity index (χ1) is 9.11. The molecule has 0 aliphatic carbocycles. The minimum Gasteiger partial charge on any atom is -0.369 e. The number of anilines is 1. The number of aryl methyl sites for hydroxylation is 2.